The summed E-state index contributed by atoms with van der Waals surface area (Å²) in [7, 11) is -1.66. The summed E-state index contributed by atoms with van der Waals surface area (Å²) in [6.07, 6.45) is 0.432. The highest BCUT2D eigenvalue weighted by atomic mass is 32.2. The number of hydrogen-bond acceptors (Lipinski definition) is 4. The Morgan fingerprint density at radius 3 is 2.41 bits per heavy atom. The minimum absolute atomic E-state index is 0.108. The third-order valence-corrected chi connectivity index (χ3v) is 7.27. The molecule has 0 bridgehead atoms. The summed E-state index contributed by atoms with van der Waals surface area (Å²) >= 11 is 0. The van der Waals surface area contributed by atoms with Gasteiger partial charge in [-0.05, 0) is 48.4 Å². The molecule has 0 aliphatic carbocycles. The Morgan fingerprint density at radius 1 is 0.963 bits per heavy atom. The molecule has 7 heteroatoms. The van der Waals surface area contributed by atoms with Crippen LogP contribution in [0.2, 0.25) is 0 Å². The molecule has 0 spiro atoms. The second-order valence-electron chi connectivity index (χ2n) is 7.15. The van der Waals surface area contributed by atoms with E-state index in [1.807, 2.05) is 25.1 Å². The van der Waals surface area contributed by atoms with Crippen LogP contribution in [0.1, 0.15) is 11.1 Å². The number of sulfonamides is 1. The molecule has 0 atom stereocenters. The SMILES string of the molecule is Cc1cccc(S(=O)(=O)N2CCN(c3ccc4c(c3)CC(=O)N4C)CC2)c1. The summed E-state index contributed by atoms with van der Waals surface area (Å²) in [5, 5.41) is 0. The fraction of sp³-hybridized carbons (Fsp3) is 0.350. The highest BCUT2D eigenvalue weighted by Gasteiger charge is 2.30. The monoisotopic (exact) mass is 385 g/mol. The van der Waals surface area contributed by atoms with E-state index < -0.39 is 10.0 Å². The Morgan fingerprint density at radius 2 is 1.70 bits per heavy atom. The summed E-state index contributed by atoms with van der Waals surface area (Å²) in [6.45, 7) is 4.06. The van der Waals surface area contributed by atoms with Gasteiger partial charge in [0, 0.05) is 44.6 Å². The van der Waals surface area contributed by atoms with Gasteiger partial charge in [0.05, 0.1) is 11.3 Å². The highest BCUT2D eigenvalue weighted by molar-refractivity contribution is 7.89. The molecule has 0 unspecified atom stereocenters. The van der Waals surface area contributed by atoms with Crippen molar-refractivity contribution in [2.45, 2.75) is 18.2 Å². The molecular weight excluding hydrogens is 362 g/mol. The number of aryl methyl sites for hydroxylation is 1. The van der Waals surface area contributed by atoms with Crippen LogP contribution in [0.15, 0.2) is 47.4 Å². The van der Waals surface area contributed by atoms with Gasteiger partial charge in [-0.2, -0.15) is 4.31 Å². The van der Waals surface area contributed by atoms with Crippen molar-refractivity contribution in [3.63, 3.8) is 0 Å². The van der Waals surface area contributed by atoms with Gasteiger partial charge in [-0.25, -0.2) is 8.42 Å². The number of anilines is 2. The summed E-state index contributed by atoms with van der Waals surface area (Å²) < 4.78 is 27.3. The van der Waals surface area contributed by atoms with Crippen LogP contribution in [-0.2, 0) is 21.2 Å². The zero-order valence-corrected chi connectivity index (χ0v) is 16.4. The molecule has 27 heavy (non-hydrogen) atoms. The predicted molar refractivity (Wildman–Crippen MR) is 106 cm³/mol. The van der Waals surface area contributed by atoms with Crippen molar-refractivity contribution in [1.29, 1.82) is 0 Å². The first-order valence-corrected chi connectivity index (χ1v) is 10.5. The van der Waals surface area contributed by atoms with Crippen LogP contribution in [0.4, 0.5) is 11.4 Å². The molecule has 0 radical (unpaired) electrons. The van der Waals surface area contributed by atoms with Gasteiger partial charge in [0.15, 0.2) is 0 Å². The summed E-state index contributed by atoms with van der Waals surface area (Å²) in [6, 6.07) is 13.1. The molecule has 2 aliphatic heterocycles. The first-order chi connectivity index (χ1) is 12.9. The molecule has 6 nitrogen and oxygen atoms in total. The van der Waals surface area contributed by atoms with Crippen molar-refractivity contribution in [2.75, 3.05) is 43.0 Å². The van der Waals surface area contributed by atoms with Crippen molar-refractivity contribution < 1.29 is 13.2 Å². The van der Waals surface area contributed by atoms with Crippen LogP contribution in [-0.4, -0.2) is 51.9 Å². The molecule has 142 valence electrons. The van der Waals surface area contributed by atoms with Gasteiger partial charge in [0.2, 0.25) is 15.9 Å². The maximum atomic E-state index is 12.9. The Labute approximate surface area is 160 Å². The number of carbonyl (C=O) groups is 1. The number of hydrogen-bond donors (Lipinski definition) is 0. The smallest absolute Gasteiger partial charge is 0.243 e. The topological polar surface area (TPSA) is 60.9 Å². The fourth-order valence-corrected chi connectivity index (χ4v) is 5.29. The molecule has 2 aliphatic rings. The van der Waals surface area contributed by atoms with Crippen LogP contribution in [0.3, 0.4) is 0 Å². The van der Waals surface area contributed by atoms with Gasteiger partial charge >= 0.3 is 0 Å². The first kappa shape index (κ1) is 18.0. The van der Waals surface area contributed by atoms with Crippen LogP contribution in [0, 0.1) is 6.92 Å². The number of benzene rings is 2. The van der Waals surface area contributed by atoms with Crippen LogP contribution in [0.5, 0.6) is 0 Å². The average Bonchev–Trinajstić information content (AvgIpc) is 2.95. The van der Waals surface area contributed by atoms with Crippen molar-refractivity contribution in [3.05, 3.63) is 53.6 Å². The van der Waals surface area contributed by atoms with Gasteiger partial charge in [0.25, 0.3) is 0 Å². The third kappa shape index (κ3) is 3.21. The second kappa shape index (κ2) is 6.65. The number of piperazine rings is 1. The number of fused-ring (bicyclic) bond motifs is 1. The minimum Gasteiger partial charge on any atom is -0.369 e. The van der Waals surface area contributed by atoms with Gasteiger partial charge in [-0.1, -0.05) is 12.1 Å². The lowest BCUT2D eigenvalue weighted by Gasteiger charge is -2.35. The summed E-state index contributed by atoms with van der Waals surface area (Å²) in [4.78, 5) is 16.1. The van der Waals surface area contributed by atoms with E-state index in [0.717, 1.165) is 22.5 Å². The standard InChI is InChI=1S/C20H23N3O3S/c1-15-4-3-5-18(12-15)27(25,26)23-10-8-22(9-11-23)17-6-7-19-16(13-17)14-20(24)21(19)2/h3-7,12-13H,8-11,14H2,1-2H3. The lowest BCUT2D eigenvalue weighted by molar-refractivity contribution is -0.117. The second-order valence-corrected chi connectivity index (χ2v) is 9.09. The van der Waals surface area contributed by atoms with E-state index in [4.69, 9.17) is 0 Å². The molecule has 2 aromatic carbocycles. The molecule has 2 aromatic rings. The van der Waals surface area contributed by atoms with Gasteiger partial charge in [-0.15, -0.1) is 0 Å². The molecular formula is C20H23N3O3S. The van der Waals surface area contributed by atoms with Crippen molar-refractivity contribution >= 4 is 27.3 Å². The molecule has 1 fully saturated rings. The van der Waals surface area contributed by atoms with Crippen molar-refractivity contribution in [1.82, 2.24) is 4.31 Å². The van der Waals surface area contributed by atoms with Crippen molar-refractivity contribution in [2.24, 2.45) is 0 Å². The average molecular weight is 385 g/mol. The lowest BCUT2D eigenvalue weighted by atomic mass is 10.1. The van der Waals surface area contributed by atoms with Gasteiger partial charge in [-0.3, -0.25) is 4.79 Å². The van der Waals surface area contributed by atoms with E-state index in [-0.39, 0.29) is 5.91 Å². The summed E-state index contributed by atoms with van der Waals surface area (Å²) in [5.41, 5.74) is 3.98. The van der Waals surface area contributed by atoms with E-state index in [1.54, 1.807) is 34.5 Å². The Hall–Kier alpha value is -2.38. The van der Waals surface area contributed by atoms with E-state index >= 15 is 0 Å². The Balaban J connectivity index is 1.48. The quantitative estimate of drug-likeness (QED) is 0.811. The van der Waals surface area contributed by atoms with E-state index in [1.165, 1.54) is 0 Å². The van der Waals surface area contributed by atoms with Crippen LogP contribution >= 0.6 is 0 Å². The predicted octanol–water partition coefficient (Wildman–Crippen LogP) is 2.02. The Bertz CT molecular complexity index is 995. The number of rotatable bonds is 3. The first-order valence-electron chi connectivity index (χ1n) is 9.07. The highest BCUT2D eigenvalue weighted by Crippen LogP contribution is 2.32. The molecule has 0 saturated carbocycles. The van der Waals surface area contributed by atoms with Gasteiger partial charge < -0.3 is 9.80 Å². The van der Waals surface area contributed by atoms with E-state index in [0.29, 0.717) is 37.5 Å². The molecule has 0 N–H and O–H groups in total. The molecule has 1 amide bonds. The molecule has 4 rings (SSSR count). The van der Waals surface area contributed by atoms with Crippen molar-refractivity contribution in [3.8, 4) is 0 Å². The van der Waals surface area contributed by atoms with Crippen LogP contribution < -0.4 is 9.80 Å². The number of likely N-dealkylation sites (N-methyl/N-ethyl adjacent to an activating group) is 1. The maximum absolute atomic E-state index is 12.9. The normalized spacial score (nSPS) is 18.1. The number of nitrogens with zero attached hydrogens (tertiary/aromatic N) is 3. The number of amides is 1. The largest absolute Gasteiger partial charge is 0.369 e. The Kier molecular flexibility index (Phi) is 4.44. The molecule has 1 saturated heterocycles. The fourth-order valence-electron chi connectivity index (χ4n) is 3.76. The summed E-state index contributed by atoms with van der Waals surface area (Å²) in [5.74, 6) is 0.108. The van der Waals surface area contributed by atoms with Gasteiger partial charge in [0.1, 0.15) is 0 Å². The van der Waals surface area contributed by atoms with E-state index in [9.17, 15) is 13.2 Å². The minimum atomic E-state index is -3.46. The number of carbonyl (C=O) groups excluding carboxylic acids is 1. The molecule has 0 aromatic heterocycles. The zero-order valence-electron chi connectivity index (χ0n) is 15.6. The van der Waals surface area contributed by atoms with Crippen LogP contribution in [0.25, 0.3) is 0 Å². The maximum Gasteiger partial charge on any atom is 0.243 e. The molecule has 2 heterocycles. The third-order valence-electron chi connectivity index (χ3n) is 5.37. The van der Waals surface area contributed by atoms with E-state index in [2.05, 4.69) is 11.0 Å². The lowest BCUT2D eigenvalue weighted by Crippen LogP contribution is -2.48. The zero-order chi connectivity index (χ0) is 19.2.